The summed E-state index contributed by atoms with van der Waals surface area (Å²) in [6.07, 6.45) is -0.174. The van der Waals surface area contributed by atoms with Crippen LogP contribution >= 0.6 is 0 Å². The van der Waals surface area contributed by atoms with Crippen molar-refractivity contribution >= 4 is 17.8 Å². The third-order valence-electron chi connectivity index (χ3n) is 3.07. The van der Waals surface area contributed by atoms with Gasteiger partial charge in [0.2, 0.25) is 5.76 Å². The molecule has 1 fully saturated rings. The molecule has 1 saturated heterocycles. The third kappa shape index (κ3) is 3.82. The Labute approximate surface area is 125 Å². The first-order valence-electron chi connectivity index (χ1n) is 6.71. The van der Waals surface area contributed by atoms with E-state index in [1.165, 1.54) is 0 Å². The molecule has 1 aliphatic rings. The molecule has 0 aromatic carbocycles. The van der Waals surface area contributed by atoms with Crippen molar-refractivity contribution in [3.05, 3.63) is 28.0 Å². The van der Waals surface area contributed by atoms with Crippen molar-refractivity contribution in [2.24, 2.45) is 0 Å². The highest BCUT2D eigenvalue weighted by Crippen LogP contribution is 2.16. The second kappa shape index (κ2) is 6.56. The Morgan fingerprint density at radius 3 is 2.55 bits per heavy atom. The molecule has 0 spiro atoms. The van der Waals surface area contributed by atoms with Crippen LogP contribution in [0.4, 0.5) is 5.88 Å². The summed E-state index contributed by atoms with van der Waals surface area (Å²) >= 11 is 0. The monoisotopic (exact) mass is 312 g/mol. The van der Waals surface area contributed by atoms with Crippen LogP contribution in [0, 0.1) is 10.1 Å². The Balaban J connectivity index is 1.87. The van der Waals surface area contributed by atoms with E-state index in [0.29, 0.717) is 13.1 Å². The molecule has 120 valence electrons. The fraction of sp³-hybridized carbons (Fsp3) is 0.538. The fourth-order valence-electron chi connectivity index (χ4n) is 2.21. The van der Waals surface area contributed by atoms with E-state index < -0.39 is 23.4 Å². The molecule has 1 amide bonds. The first-order valence-corrected chi connectivity index (χ1v) is 6.71. The molecule has 2 heterocycles. The first-order chi connectivity index (χ1) is 10.4. The van der Waals surface area contributed by atoms with Crippen molar-refractivity contribution in [2.45, 2.75) is 26.1 Å². The van der Waals surface area contributed by atoms with Gasteiger partial charge >= 0.3 is 11.9 Å². The maximum atomic E-state index is 12.0. The smallest absolute Gasteiger partial charge is 0.433 e. The summed E-state index contributed by atoms with van der Waals surface area (Å²) < 4.78 is 15.0. The molecule has 2 rings (SSSR count). The topological polar surface area (TPSA) is 112 Å². The number of morpholine rings is 1. The van der Waals surface area contributed by atoms with E-state index in [1.807, 2.05) is 13.8 Å². The number of rotatable bonds is 4. The van der Waals surface area contributed by atoms with Crippen LogP contribution in [0.5, 0.6) is 0 Å². The average molecular weight is 312 g/mol. The van der Waals surface area contributed by atoms with Crippen molar-refractivity contribution in [1.82, 2.24) is 4.90 Å². The van der Waals surface area contributed by atoms with Gasteiger partial charge in [0.25, 0.3) is 5.91 Å². The quantitative estimate of drug-likeness (QED) is 0.462. The summed E-state index contributed by atoms with van der Waals surface area (Å²) in [7, 11) is 0. The Morgan fingerprint density at radius 2 is 2.00 bits per heavy atom. The van der Waals surface area contributed by atoms with E-state index in [0.717, 1.165) is 12.1 Å². The van der Waals surface area contributed by atoms with Crippen LogP contribution in [-0.4, -0.2) is 53.6 Å². The van der Waals surface area contributed by atoms with Crippen molar-refractivity contribution in [1.29, 1.82) is 0 Å². The predicted octanol–water partition coefficient (Wildman–Crippen LogP) is 0.980. The normalized spacial score (nSPS) is 21.5. The van der Waals surface area contributed by atoms with Crippen molar-refractivity contribution < 1.29 is 28.4 Å². The summed E-state index contributed by atoms with van der Waals surface area (Å²) in [5.74, 6) is -2.15. The zero-order valence-corrected chi connectivity index (χ0v) is 12.2. The Bertz CT molecular complexity index is 573. The van der Waals surface area contributed by atoms with E-state index in [1.54, 1.807) is 4.90 Å². The molecular weight excluding hydrogens is 296 g/mol. The summed E-state index contributed by atoms with van der Waals surface area (Å²) in [6, 6.07) is 2.17. The summed E-state index contributed by atoms with van der Waals surface area (Å²) in [4.78, 5) is 34.9. The summed E-state index contributed by atoms with van der Waals surface area (Å²) in [5.41, 5.74) is 0. The number of nitro groups is 1. The molecule has 2 atom stereocenters. The molecule has 1 aromatic rings. The Kier molecular flexibility index (Phi) is 4.76. The van der Waals surface area contributed by atoms with Crippen LogP contribution in [0.3, 0.4) is 0 Å². The van der Waals surface area contributed by atoms with Crippen LogP contribution < -0.4 is 0 Å². The zero-order chi connectivity index (χ0) is 16.3. The summed E-state index contributed by atoms with van der Waals surface area (Å²) in [6.45, 7) is 4.10. The minimum atomic E-state index is -0.921. The standard InChI is InChI=1S/C13H16N2O7/c1-8-5-14(6-9(2)21-8)11(16)7-20-13(17)10-3-4-12(22-10)15(18)19/h3-4,8-9H,5-7H2,1-2H3/t8-,9-/m1/s1. The molecule has 0 N–H and O–H groups in total. The number of esters is 1. The molecule has 1 aromatic heterocycles. The molecular formula is C13H16N2O7. The Hall–Kier alpha value is -2.42. The third-order valence-corrected chi connectivity index (χ3v) is 3.07. The number of carbonyl (C=O) groups excluding carboxylic acids is 2. The molecule has 9 heteroatoms. The van der Waals surface area contributed by atoms with Gasteiger partial charge in [-0.3, -0.25) is 14.9 Å². The number of amides is 1. The van der Waals surface area contributed by atoms with Gasteiger partial charge in [-0.2, -0.15) is 0 Å². The van der Waals surface area contributed by atoms with Gasteiger partial charge in [-0.1, -0.05) is 0 Å². The van der Waals surface area contributed by atoms with E-state index in [-0.39, 0.29) is 23.9 Å². The van der Waals surface area contributed by atoms with Crippen LogP contribution in [0.15, 0.2) is 16.5 Å². The molecule has 0 saturated carbocycles. The van der Waals surface area contributed by atoms with Gasteiger partial charge in [0.15, 0.2) is 6.61 Å². The largest absolute Gasteiger partial charge is 0.450 e. The maximum Gasteiger partial charge on any atom is 0.433 e. The second-order valence-corrected chi connectivity index (χ2v) is 5.03. The van der Waals surface area contributed by atoms with Gasteiger partial charge in [0, 0.05) is 13.1 Å². The highest BCUT2D eigenvalue weighted by atomic mass is 16.7. The van der Waals surface area contributed by atoms with Crippen molar-refractivity contribution in [2.75, 3.05) is 19.7 Å². The lowest BCUT2D eigenvalue weighted by Crippen LogP contribution is -2.49. The predicted molar refractivity (Wildman–Crippen MR) is 72.2 cm³/mol. The number of hydrogen-bond acceptors (Lipinski definition) is 7. The Morgan fingerprint density at radius 1 is 1.36 bits per heavy atom. The molecule has 9 nitrogen and oxygen atoms in total. The van der Waals surface area contributed by atoms with E-state index in [9.17, 15) is 19.7 Å². The molecule has 1 aliphatic heterocycles. The van der Waals surface area contributed by atoms with Crippen LogP contribution in [-0.2, 0) is 14.3 Å². The lowest BCUT2D eigenvalue weighted by atomic mass is 10.2. The van der Waals surface area contributed by atoms with Gasteiger partial charge in [-0.25, -0.2) is 4.79 Å². The molecule has 0 radical (unpaired) electrons. The van der Waals surface area contributed by atoms with Gasteiger partial charge in [-0.15, -0.1) is 0 Å². The number of furan rings is 1. The first kappa shape index (κ1) is 16.0. The van der Waals surface area contributed by atoms with Gasteiger partial charge in [0.05, 0.1) is 18.3 Å². The highest BCUT2D eigenvalue weighted by molar-refractivity contribution is 5.89. The molecule has 0 aliphatic carbocycles. The van der Waals surface area contributed by atoms with Crippen molar-refractivity contribution in [3.63, 3.8) is 0 Å². The lowest BCUT2D eigenvalue weighted by Gasteiger charge is -2.35. The number of ether oxygens (including phenoxy) is 2. The average Bonchev–Trinajstić information content (AvgIpc) is 2.93. The summed E-state index contributed by atoms with van der Waals surface area (Å²) in [5, 5.41) is 10.5. The van der Waals surface area contributed by atoms with Crippen LogP contribution in [0.1, 0.15) is 24.4 Å². The fourth-order valence-corrected chi connectivity index (χ4v) is 2.21. The van der Waals surface area contributed by atoms with Crippen molar-refractivity contribution in [3.8, 4) is 0 Å². The minimum absolute atomic E-state index is 0.0869. The van der Waals surface area contributed by atoms with Crippen LogP contribution in [0.2, 0.25) is 0 Å². The van der Waals surface area contributed by atoms with Crippen LogP contribution in [0.25, 0.3) is 0 Å². The number of nitrogens with zero attached hydrogens (tertiary/aromatic N) is 2. The second-order valence-electron chi connectivity index (χ2n) is 5.03. The number of carbonyl (C=O) groups is 2. The molecule has 0 bridgehead atoms. The molecule has 22 heavy (non-hydrogen) atoms. The number of hydrogen-bond donors (Lipinski definition) is 0. The van der Waals surface area contributed by atoms with E-state index in [4.69, 9.17) is 13.9 Å². The van der Waals surface area contributed by atoms with E-state index in [2.05, 4.69) is 0 Å². The van der Waals surface area contributed by atoms with Gasteiger partial charge in [-0.05, 0) is 19.9 Å². The molecule has 0 unspecified atom stereocenters. The SMILES string of the molecule is C[C@@H]1CN(C(=O)COC(=O)c2ccc([N+](=O)[O-])o2)C[C@@H](C)O1. The minimum Gasteiger partial charge on any atom is -0.450 e. The maximum absolute atomic E-state index is 12.0. The van der Waals surface area contributed by atoms with Gasteiger partial charge < -0.3 is 18.8 Å². The van der Waals surface area contributed by atoms with E-state index >= 15 is 0 Å². The zero-order valence-electron chi connectivity index (χ0n) is 12.2. The van der Waals surface area contributed by atoms with Gasteiger partial charge in [0.1, 0.15) is 4.92 Å². The lowest BCUT2D eigenvalue weighted by molar-refractivity contribution is -0.402. The highest BCUT2D eigenvalue weighted by Gasteiger charge is 2.27.